The summed E-state index contributed by atoms with van der Waals surface area (Å²) in [5.41, 5.74) is -0.401. The fourth-order valence-electron chi connectivity index (χ4n) is 2.61. The number of amides is 1. The van der Waals surface area contributed by atoms with Gasteiger partial charge >= 0.3 is 5.97 Å². The van der Waals surface area contributed by atoms with Crippen molar-refractivity contribution in [3.63, 3.8) is 0 Å². The molecule has 0 saturated heterocycles. The number of carbonyl (C=O) groups excluding carboxylic acids is 1. The molecular weight excluding hydrogens is 206 g/mol. The largest absolute Gasteiger partial charge is 0.481 e. The first-order valence-electron chi connectivity index (χ1n) is 5.62. The van der Waals surface area contributed by atoms with Crippen molar-refractivity contribution in [2.45, 2.75) is 32.7 Å². The molecule has 0 aromatic heterocycles. The molecule has 0 aliphatic heterocycles. The second kappa shape index (κ2) is 3.61. The van der Waals surface area contributed by atoms with Crippen LogP contribution in [0.4, 0.5) is 0 Å². The van der Waals surface area contributed by atoms with Gasteiger partial charge in [-0.15, -0.1) is 0 Å². The van der Waals surface area contributed by atoms with Gasteiger partial charge in [-0.05, 0) is 18.3 Å². The van der Waals surface area contributed by atoms with Crippen LogP contribution in [0.15, 0.2) is 12.2 Å². The summed E-state index contributed by atoms with van der Waals surface area (Å²) in [6.07, 6.45) is 5.79. The van der Waals surface area contributed by atoms with Crippen LogP contribution >= 0.6 is 0 Å². The Morgan fingerprint density at radius 2 is 1.81 bits per heavy atom. The van der Waals surface area contributed by atoms with Crippen LogP contribution < -0.4 is 5.32 Å². The smallest absolute Gasteiger partial charge is 0.307 e. The van der Waals surface area contributed by atoms with E-state index in [2.05, 4.69) is 5.32 Å². The molecule has 0 radical (unpaired) electrons. The van der Waals surface area contributed by atoms with Crippen LogP contribution in [0.5, 0.6) is 0 Å². The third-order valence-electron chi connectivity index (χ3n) is 3.73. The molecule has 2 aliphatic carbocycles. The molecule has 2 atom stereocenters. The molecule has 16 heavy (non-hydrogen) atoms. The monoisotopic (exact) mass is 223 g/mol. The topological polar surface area (TPSA) is 66.4 Å². The summed E-state index contributed by atoms with van der Waals surface area (Å²) >= 11 is 0. The van der Waals surface area contributed by atoms with Gasteiger partial charge in [0.15, 0.2) is 0 Å². The fourth-order valence-corrected chi connectivity index (χ4v) is 2.61. The molecule has 1 fully saturated rings. The van der Waals surface area contributed by atoms with Crippen LogP contribution in [0.1, 0.15) is 26.7 Å². The summed E-state index contributed by atoms with van der Waals surface area (Å²) in [4.78, 5) is 22.8. The summed E-state index contributed by atoms with van der Waals surface area (Å²) in [7, 11) is 0. The van der Waals surface area contributed by atoms with E-state index in [-0.39, 0.29) is 17.9 Å². The van der Waals surface area contributed by atoms with E-state index in [1.165, 1.54) is 0 Å². The van der Waals surface area contributed by atoms with Gasteiger partial charge in [0.25, 0.3) is 0 Å². The molecule has 0 bridgehead atoms. The minimum Gasteiger partial charge on any atom is -0.481 e. The van der Waals surface area contributed by atoms with E-state index in [0.29, 0.717) is 0 Å². The second-order valence-electron chi connectivity index (χ2n) is 5.26. The highest BCUT2D eigenvalue weighted by Gasteiger charge is 2.65. The highest BCUT2D eigenvalue weighted by molar-refractivity contribution is 5.91. The normalized spacial score (nSPS) is 31.4. The van der Waals surface area contributed by atoms with Gasteiger partial charge in [-0.25, -0.2) is 0 Å². The average Bonchev–Trinajstić information content (AvgIpc) is 2.58. The molecule has 2 N–H and O–H groups in total. The molecule has 0 aromatic carbocycles. The second-order valence-corrected chi connectivity index (χ2v) is 5.26. The van der Waals surface area contributed by atoms with Crippen LogP contribution in [0.3, 0.4) is 0 Å². The number of hydrogen-bond acceptors (Lipinski definition) is 2. The number of aliphatic carboxylic acids is 1. The third-order valence-corrected chi connectivity index (χ3v) is 3.73. The van der Waals surface area contributed by atoms with E-state index in [1.807, 2.05) is 26.0 Å². The van der Waals surface area contributed by atoms with E-state index >= 15 is 0 Å². The van der Waals surface area contributed by atoms with E-state index in [0.717, 1.165) is 12.8 Å². The van der Waals surface area contributed by atoms with Gasteiger partial charge in [-0.3, -0.25) is 9.59 Å². The molecular formula is C12H17NO3. The predicted octanol–water partition coefficient (Wildman–Crippen LogP) is 1.18. The summed E-state index contributed by atoms with van der Waals surface area (Å²) < 4.78 is 0. The first-order chi connectivity index (χ1) is 7.44. The van der Waals surface area contributed by atoms with Crippen LogP contribution in [0.2, 0.25) is 0 Å². The molecule has 2 aliphatic rings. The number of nitrogens with one attached hydrogen (secondary N) is 1. The maximum Gasteiger partial charge on any atom is 0.307 e. The van der Waals surface area contributed by atoms with Gasteiger partial charge in [-0.1, -0.05) is 26.0 Å². The number of carbonyl (C=O) groups is 2. The van der Waals surface area contributed by atoms with Crippen LogP contribution in [-0.2, 0) is 9.59 Å². The van der Waals surface area contributed by atoms with Gasteiger partial charge in [-0.2, -0.15) is 0 Å². The molecule has 88 valence electrons. The Hall–Kier alpha value is -1.32. The van der Waals surface area contributed by atoms with E-state index in [1.54, 1.807) is 0 Å². The Morgan fingerprint density at radius 1 is 1.25 bits per heavy atom. The quantitative estimate of drug-likeness (QED) is 0.706. The summed E-state index contributed by atoms with van der Waals surface area (Å²) in [6, 6.07) is 0.165. The summed E-state index contributed by atoms with van der Waals surface area (Å²) in [6.45, 7) is 3.67. The zero-order chi connectivity index (χ0) is 11.9. The third kappa shape index (κ3) is 1.72. The van der Waals surface area contributed by atoms with Gasteiger partial charge in [0.05, 0.1) is 11.8 Å². The Labute approximate surface area is 94.7 Å². The Bertz CT molecular complexity index is 351. The van der Waals surface area contributed by atoms with Gasteiger partial charge < -0.3 is 10.4 Å². The Kier molecular flexibility index (Phi) is 2.52. The summed E-state index contributed by atoms with van der Waals surface area (Å²) in [5, 5.41) is 11.9. The van der Waals surface area contributed by atoms with Crippen LogP contribution in [0, 0.1) is 17.3 Å². The molecule has 0 aromatic rings. The molecule has 1 saturated carbocycles. The van der Waals surface area contributed by atoms with Crippen molar-refractivity contribution in [1.29, 1.82) is 0 Å². The van der Waals surface area contributed by atoms with Crippen molar-refractivity contribution >= 4 is 11.9 Å². The van der Waals surface area contributed by atoms with Crippen molar-refractivity contribution in [2.24, 2.45) is 17.3 Å². The number of hydrogen-bond donors (Lipinski definition) is 2. The maximum absolute atomic E-state index is 11.9. The SMILES string of the molecule is CC1(C)[C@H](C(=O)O)[C@@H]1C(=O)NC1CC=CC1. The van der Waals surface area contributed by atoms with Crippen molar-refractivity contribution in [1.82, 2.24) is 5.32 Å². The van der Waals surface area contributed by atoms with Crippen molar-refractivity contribution < 1.29 is 14.7 Å². The minimum absolute atomic E-state index is 0.105. The van der Waals surface area contributed by atoms with Crippen LogP contribution in [0.25, 0.3) is 0 Å². The van der Waals surface area contributed by atoms with E-state index in [9.17, 15) is 9.59 Å². The minimum atomic E-state index is -0.866. The lowest BCUT2D eigenvalue weighted by Gasteiger charge is -2.12. The average molecular weight is 223 g/mol. The Morgan fingerprint density at radius 3 is 2.25 bits per heavy atom. The lowest BCUT2D eigenvalue weighted by atomic mass is 10.1. The molecule has 0 heterocycles. The summed E-state index contributed by atoms with van der Waals surface area (Å²) in [5.74, 6) is -1.87. The van der Waals surface area contributed by atoms with Crippen LogP contribution in [-0.4, -0.2) is 23.0 Å². The number of carboxylic acids is 1. The number of rotatable bonds is 3. The molecule has 1 amide bonds. The zero-order valence-corrected chi connectivity index (χ0v) is 9.56. The zero-order valence-electron chi connectivity index (χ0n) is 9.56. The van der Waals surface area contributed by atoms with Crippen molar-refractivity contribution in [3.05, 3.63) is 12.2 Å². The van der Waals surface area contributed by atoms with Crippen molar-refractivity contribution in [3.8, 4) is 0 Å². The van der Waals surface area contributed by atoms with Gasteiger partial charge in [0.2, 0.25) is 5.91 Å². The predicted molar refractivity (Wildman–Crippen MR) is 58.7 cm³/mol. The standard InChI is InChI=1S/C12H17NO3/c1-12(2)8(9(12)11(15)16)10(14)13-7-5-3-4-6-7/h3-4,7-9H,5-6H2,1-2H3,(H,13,14)(H,15,16)/t8-,9+/m1/s1. The van der Waals surface area contributed by atoms with Gasteiger partial charge in [0.1, 0.15) is 0 Å². The van der Waals surface area contributed by atoms with E-state index in [4.69, 9.17) is 5.11 Å². The number of carboxylic acid groups (broad SMARTS) is 1. The lowest BCUT2D eigenvalue weighted by Crippen LogP contribution is -2.35. The van der Waals surface area contributed by atoms with E-state index < -0.39 is 17.3 Å². The fraction of sp³-hybridized carbons (Fsp3) is 0.667. The molecule has 2 rings (SSSR count). The first-order valence-corrected chi connectivity index (χ1v) is 5.62. The molecule has 0 unspecified atom stereocenters. The highest BCUT2D eigenvalue weighted by Crippen LogP contribution is 2.58. The molecule has 4 nitrogen and oxygen atoms in total. The first kappa shape index (κ1) is 11.2. The molecule has 0 spiro atoms. The lowest BCUT2D eigenvalue weighted by molar-refractivity contribution is -0.140. The maximum atomic E-state index is 11.9. The van der Waals surface area contributed by atoms with Gasteiger partial charge in [0, 0.05) is 6.04 Å². The Balaban J connectivity index is 1.94. The highest BCUT2D eigenvalue weighted by atomic mass is 16.4. The van der Waals surface area contributed by atoms with Crippen molar-refractivity contribution in [2.75, 3.05) is 0 Å². The molecule has 4 heteroatoms.